The molecule has 0 unspecified atom stereocenters. The predicted molar refractivity (Wildman–Crippen MR) is 119 cm³/mol. The average Bonchev–Trinajstić information content (AvgIpc) is 3.18. The number of benzene rings is 3. The Hall–Kier alpha value is -3.79. The van der Waals surface area contributed by atoms with E-state index in [1.165, 1.54) is 16.7 Å². The van der Waals surface area contributed by atoms with E-state index in [-0.39, 0.29) is 5.91 Å². The fourth-order valence-corrected chi connectivity index (χ4v) is 3.79. The van der Waals surface area contributed by atoms with Gasteiger partial charge in [0.25, 0.3) is 0 Å². The molecule has 1 aliphatic rings. The summed E-state index contributed by atoms with van der Waals surface area (Å²) in [4.78, 5) is 20.6. The Morgan fingerprint density at radius 2 is 1.43 bits per heavy atom. The zero-order valence-electron chi connectivity index (χ0n) is 16.5. The van der Waals surface area contributed by atoms with Crippen LogP contribution >= 0.6 is 0 Å². The van der Waals surface area contributed by atoms with Gasteiger partial charge in [0.1, 0.15) is 5.82 Å². The van der Waals surface area contributed by atoms with Crippen molar-refractivity contribution in [3.63, 3.8) is 0 Å². The molecule has 1 N–H and O–H groups in total. The van der Waals surface area contributed by atoms with Gasteiger partial charge in [-0.25, -0.2) is 9.97 Å². The van der Waals surface area contributed by atoms with E-state index < -0.39 is 0 Å². The lowest BCUT2D eigenvalue weighted by atomic mass is 10.0. The third-order valence-corrected chi connectivity index (χ3v) is 5.47. The van der Waals surface area contributed by atoms with E-state index >= 15 is 0 Å². The smallest absolute Gasteiger partial charge is 0.228 e. The maximum Gasteiger partial charge on any atom is 0.228 e. The molecule has 146 valence electrons. The monoisotopic (exact) mass is 391 g/mol. The zero-order valence-corrected chi connectivity index (χ0v) is 16.5. The standard InChI is InChI=1S/C26H21N3O/c30-26-15-22-14-21(11-12-24(22)29-26)23-16-27-25(28-17-23)13-8-18-6-9-20(10-7-18)19-4-2-1-3-5-19/h1-7,9-12,14,16-17H,8,13,15H2,(H,29,30). The predicted octanol–water partition coefficient (Wildman–Crippen LogP) is 5.09. The molecule has 4 heteroatoms. The van der Waals surface area contributed by atoms with Crippen molar-refractivity contribution < 1.29 is 4.79 Å². The quantitative estimate of drug-likeness (QED) is 0.515. The van der Waals surface area contributed by atoms with Gasteiger partial charge in [0, 0.05) is 30.1 Å². The number of aromatic nitrogens is 2. The minimum atomic E-state index is 0.0468. The first-order valence-corrected chi connectivity index (χ1v) is 10.1. The summed E-state index contributed by atoms with van der Waals surface area (Å²) in [6.07, 6.45) is 5.87. The highest BCUT2D eigenvalue weighted by Crippen LogP contribution is 2.28. The van der Waals surface area contributed by atoms with Crippen LogP contribution in [0.5, 0.6) is 0 Å². The molecule has 0 saturated heterocycles. The van der Waals surface area contributed by atoms with E-state index in [0.29, 0.717) is 6.42 Å². The number of rotatable bonds is 5. The van der Waals surface area contributed by atoms with Crippen molar-refractivity contribution in [1.82, 2.24) is 9.97 Å². The van der Waals surface area contributed by atoms with Gasteiger partial charge in [-0.2, -0.15) is 0 Å². The molecule has 4 aromatic rings. The molecule has 3 aromatic carbocycles. The van der Waals surface area contributed by atoms with Crippen LogP contribution in [0.25, 0.3) is 22.3 Å². The van der Waals surface area contributed by atoms with Gasteiger partial charge in [0.2, 0.25) is 5.91 Å². The van der Waals surface area contributed by atoms with Gasteiger partial charge in [-0.1, -0.05) is 60.7 Å². The number of hydrogen-bond donors (Lipinski definition) is 1. The highest BCUT2D eigenvalue weighted by Gasteiger charge is 2.17. The van der Waals surface area contributed by atoms with E-state index in [4.69, 9.17) is 0 Å². The maximum absolute atomic E-state index is 11.5. The van der Waals surface area contributed by atoms with Crippen LogP contribution < -0.4 is 5.32 Å². The van der Waals surface area contributed by atoms with Crippen LogP contribution in [0.15, 0.2) is 85.2 Å². The summed E-state index contributed by atoms with van der Waals surface area (Å²) in [6.45, 7) is 0. The van der Waals surface area contributed by atoms with Crippen molar-refractivity contribution in [3.05, 3.63) is 102 Å². The third kappa shape index (κ3) is 3.85. The summed E-state index contributed by atoms with van der Waals surface area (Å²) in [6, 6.07) is 25.1. The number of carbonyl (C=O) groups is 1. The second-order valence-corrected chi connectivity index (χ2v) is 7.55. The van der Waals surface area contributed by atoms with Crippen molar-refractivity contribution in [3.8, 4) is 22.3 Å². The van der Waals surface area contributed by atoms with E-state index in [1.807, 2.05) is 36.7 Å². The molecule has 2 heterocycles. The fraction of sp³-hybridized carbons (Fsp3) is 0.115. The minimum Gasteiger partial charge on any atom is -0.326 e. The van der Waals surface area contributed by atoms with Crippen LogP contribution in [0, 0.1) is 0 Å². The summed E-state index contributed by atoms with van der Waals surface area (Å²) in [5.41, 5.74) is 7.67. The van der Waals surface area contributed by atoms with Crippen molar-refractivity contribution in [1.29, 1.82) is 0 Å². The topological polar surface area (TPSA) is 54.9 Å². The van der Waals surface area contributed by atoms with Gasteiger partial charge in [0.05, 0.1) is 6.42 Å². The number of nitrogens with zero attached hydrogens (tertiary/aromatic N) is 2. The second-order valence-electron chi connectivity index (χ2n) is 7.55. The van der Waals surface area contributed by atoms with Gasteiger partial charge in [-0.05, 0) is 46.4 Å². The van der Waals surface area contributed by atoms with Crippen molar-refractivity contribution in [2.75, 3.05) is 5.32 Å². The number of fused-ring (bicyclic) bond motifs is 1. The molecule has 4 nitrogen and oxygen atoms in total. The number of hydrogen-bond acceptors (Lipinski definition) is 3. The van der Waals surface area contributed by atoms with Gasteiger partial charge >= 0.3 is 0 Å². The molecule has 1 aromatic heterocycles. The summed E-state index contributed by atoms with van der Waals surface area (Å²) >= 11 is 0. The first-order valence-electron chi connectivity index (χ1n) is 10.1. The van der Waals surface area contributed by atoms with Crippen LogP contribution in [0.2, 0.25) is 0 Å². The van der Waals surface area contributed by atoms with E-state index in [2.05, 4.69) is 63.8 Å². The van der Waals surface area contributed by atoms with Gasteiger partial charge in [-0.15, -0.1) is 0 Å². The molecule has 0 bridgehead atoms. The van der Waals surface area contributed by atoms with Crippen LogP contribution in [-0.4, -0.2) is 15.9 Å². The van der Waals surface area contributed by atoms with E-state index in [9.17, 15) is 4.79 Å². The van der Waals surface area contributed by atoms with E-state index in [1.54, 1.807) is 0 Å². The van der Waals surface area contributed by atoms with Crippen LogP contribution in [0.4, 0.5) is 5.69 Å². The first-order chi connectivity index (χ1) is 14.7. The summed E-state index contributed by atoms with van der Waals surface area (Å²) < 4.78 is 0. The van der Waals surface area contributed by atoms with Crippen molar-refractivity contribution in [2.24, 2.45) is 0 Å². The van der Waals surface area contributed by atoms with Crippen molar-refractivity contribution >= 4 is 11.6 Å². The normalized spacial score (nSPS) is 12.5. The Bertz CT molecular complexity index is 1180. The molecule has 30 heavy (non-hydrogen) atoms. The zero-order chi connectivity index (χ0) is 20.3. The molecule has 0 saturated carbocycles. The molecular weight excluding hydrogens is 370 g/mol. The third-order valence-electron chi connectivity index (χ3n) is 5.47. The molecule has 1 amide bonds. The highest BCUT2D eigenvalue weighted by molar-refractivity contribution is 5.99. The molecular formula is C26H21N3O. The molecule has 0 aliphatic carbocycles. The van der Waals surface area contributed by atoms with Gasteiger partial charge < -0.3 is 5.32 Å². The molecule has 1 aliphatic heterocycles. The Morgan fingerprint density at radius 1 is 0.733 bits per heavy atom. The molecule has 5 rings (SSSR count). The van der Waals surface area contributed by atoms with E-state index in [0.717, 1.165) is 41.0 Å². The highest BCUT2D eigenvalue weighted by atomic mass is 16.1. The Kier molecular flexibility index (Phi) is 4.81. The number of amides is 1. The Labute approximate surface area is 175 Å². The molecule has 0 spiro atoms. The lowest BCUT2D eigenvalue weighted by molar-refractivity contribution is -0.115. The summed E-state index contributed by atoms with van der Waals surface area (Å²) in [7, 11) is 0. The average molecular weight is 391 g/mol. The minimum absolute atomic E-state index is 0.0468. The summed E-state index contributed by atoms with van der Waals surface area (Å²) in [5.74, 6) is 0.884. The number of anilines is 1. The maximum atomic E-state index is 11.5. The van der Waals surface area contributed by atoms with Crippen LogP contribution in [0.3, 0.4) is 0 Å². The lowest BCUT2D eigenvalue weighted by Crippen LogP contribution is -2.03. The number of aryl methyl sites for hydroxylation is 2. The summed E-state index contributed by atoms with van der Waals surface area (Å²) in [5, 5.41) is 2.86. The first kappa shape index (κ1) is 18.3. The molecule has 0 fully saturated rings. The van der Waals surface area contributed by atoms with Crippen molar-refractivity contribution in [2.45, 2.75) is 19.3 Å². The lowest BCUT2D eigenvalue weighted by Gasteiger charge is -2.06. The van der Waals surface area contributed by atoms with Gasteiger partial charge in [-0.3, -0.25) is 4.79 Å². The molecule has 0 radical (unpaired) electrons. The second kappa shape index (κ2) is 7.91. The number of carbonyl (C=O) groups excluding carboxylic acids is 1. The fourth-order valence-electron chi connectivity index (χ4n) is 3.79. The van der Waals surface area contributed by atoms with Crippen LogP contribution in [0.1, 0.15) is 17.0 Å². The van der Waals surface area contributed by atoms with Crippen LogP contribution in [-0.2, 0) is 24.1 Å². The number of nitrogens with one attached hydrogen (secondary N) is 1. The Morgan fingerprint density at radius 3 is 2.20 bits per heavy atom. The van der Waals surface area contributed by atoms with Gasteiger partial charge in [0.15, 0.2) is 0 Å². The molecule has 0 atom stereocenters. The Balaban J connectivity index is 1.24. The SMILES string of the molecule is O=C1Cc2cc(-c3cnc(CCc4ccc(-c5ccccc5)cc4)nc3)ccc2N1. The largest absolute Gasteiger partial charge is 0.326 e.